The van der Waals surface area contributed by atoms with Crippen LogP contribution in [-0.4, -0.2) is 48.5 Å². The van der Waals surface area contributed by atoms with Gasteiger partial charge in [-0.05, 0) is 44.0 Å². The van der Waals surface area contributed by atoms with E-state index in [9.17, 15) is 4.79 Å². The van der Waals surface area contributed by atoms with E-state index >= 15 is 0 Å². The number of thiazole rings is 1. The smallest absolute Gasteiger partial charge is 0.265 e. The standard InChI is InChI=1S/C21H20N6OS/c1-14-18(29-20(23-14)16-8-2-4-10-22-16)21(28)26-11-6-7-15(13-26)19-25-24-17-9-3-5-12-27(17)19/h2-5,8-10,12,15H,6-7,11,13H2,1H3. The van der Waals surface area contributed by atoms with Gasteiger partial charge < -0.3 is 4.90 Å². The molecule has 1 unspecified atom stereocenters. The highest BCUT2D eigenvalue weighted by molar-refractivity contribution is 7.17. The second-order valence-electron chi connectivity index (χ2n) is 7.23. The summed E-state index contributed by atoms with van der Waals surface area (Å²) in [6.45, 7) is 3.29. The maximum Gasteiger partial charge on any atom is 0.265 e. The fourth-order valence-corrected chi connectivity index (χ4v) is 4.86. The van der Waals surface area contributed by atoms with Gasteiger partial charge in [-0.3, -0.25) is 14.2 Å². The van der Waals surface area contributed by atoms with Crippen molar-refractivity contribution in [2.75, 3.05) is 13.1 Å². The Morgan fingerprint density at radius 2 is 2.07 bits per heavy atom. The number of hydrogen-bond donors (Lipinski definition) is 0. The molecular formula is C21H20N6OS. The van der Waals surface area contributed by atoms with Crippen molar-refractivity contribution in [1.29, 1.82) is 0 Å². The number of carbonyl (C=O) groups excluding carboxylic acids is 1. The van der Waals surface area contributed by atoms with Gasteiger partial charge in [0.25, 0.3) is 5.91 Å². The Morgan fingerprint density at radius 1 is 1.17 bits per heavy atom. The van der Waals surface area contributed by atoms with E-state index in [2.05, 4.69) is 20.2 Å². The molecule has 1 amide bonds. The van der Waals surface area contributed by atoms with Crippen LogP contribution in [0.3, 0.4) is 0 Å². The Kier molecular flexibility index (Phi) is 4.55. The molecular weight excluding hydrogens is 384 g/mol. The van der Waals surface area contributed by atoms with Crippen molar-refractivity contribution in [1.82, 2.24) is 29.5 Å². The van der Waals surface area contributed by atoms with Crippen molar-refractivity contribution < 1.29 is 4.79 Å². The molecule has 1 saturated heterocycles. The van der Waals surface area contributed by atoms with E-state index in [0.717, 1.165) is 47.3 Å². The highest BCUT2D eigenvalue weighted by Crippen LogP contribution is 2.31. The number of nitrogens with zero attached hydrogens (tertiary/aromatic N) is 6. The Bertz CT molecular complexity index is 1170. The number of piperidine rings is 1. The maximum atomic E-state index is 13.3. The van der Waals surface area contributed by atoms with E-state index in [-0.39, 0.29) is 11.8 Å². The summed E-state index contributed by atoms with van der Waals surface area (Å²) in [4.78, 5) is 24.8. The molecule has 0 N–H and O–H groups in total. The largest absolute Gasteiger partial charge is 0.337 e. The molecule has 1 aliphatic rings. The lowest BCUT2D eigenvalue weighted by Crippen LogP contribution is -2.39. The number of likely N-dealkylation sites (tertiary alicyclic amines) is 1. The van der Waals surface area contributed by atoms with Gasteiger partial charge >= 0.3 is 0 Å². The lowest BCUT2D eigenvalue weighted by atomic mass is 9.97. The van der Waals surface area contributed by atoms with E-state index < -0.39 is 0 Å². The third-order valence-electron chi connectivity index (χ3n) is 5.29. The number of carbonyl (C=O) groups is 1. The molecule has 0 spiro atoms. The molecule has 146 valence electrons. The summed E-state index contributed by atoms with van der Waals surface area (Å²) in [5.41, 5.74) is 2.39. The summed E-state index contributed by atoms with van der Waals surface area (Å²) < 4.78 is 2.02. The molecule has 0 aromatic carbocycles. The minimum Gasteiger partial charge on any atom is -0.337 e. The number of pyridine rings is 2. The second kappa shape index (κ2) is 7.36. The molecule has 1 fully saturated rings. The van der Waals surface area contributed by atoms with Crippen LogP contribution in [0, 0.1) is 6.92 Å². The Morgan fingerprint density at radius 3 is 2.93 bits per heavy atom. The predicted molar refractivity (Wildman–Crippen MR) is 111 cm³/mol. The van der Waals surface area contributed by atoms with Gasteiger partial charge in [-0.1, -0.05) is 12.1 Å². The molecule has 1 aliphatic heterocycles. The molecule has 5 rings (SSSR count). The molecule has 7 nitrogen and oxygen atoms in total. The molecule has 4 aromatic rings. The van der Waals surface area contributed by atoms with Crippen LogP contribution in [0.1, 0.15) is 39.9 Å². The molecule has 29 heavy (non-hydrogen) atoms. The molecule has 8 heteroatoms. The lowest BCUT2D eigenvalue weighted by molar-refractivity contribution is 0.0708. The van der Waals surface area contributed by atoms with E-state index in [1.165, 1.54) is 11.3 Å². The minimum atomic E-state index is 0.0423. The minimum absolute atomic E-state index is 0.0423. The third-order valence-corrected chi connectivity index (χ3v) is 6.46. The van der Waals surface area contributed by atoms with E-state index in [4.69, 9.17) is 0 Å². The van der Waals surface area contributed by atoms with Gasteiger partial charge in [0.1, 0.15) is 15.7 Å². The van der Waals surface area contributed by atoms with Gasteiger partial charge in [0.15, 0.2) is 5.65 Å². The van der Waals surface area contributed by atoms with Gasteiger partial charge in [0.2, 0.25) is 0 Å². The zero-order valence-electron chi connectivity index (χ0n) is 16.0. The summed E-state index contributed by atoms with van der Waals surface area (Å²) in [5, 5.41) is 9.45. The first kappa shape index (κ1) is 17.9. The molecule has 4 aromatic heterocycles. The van der Waals surface area contributed by atoms with Crippen molar-refractivity contribution in [2.45, 2.75) is 25.7 Å². The average Bonchev–Trinajstić information content (AvgIpc) is 3.38. The van der Waals surface area contributed by atoms with Crippen molar-refractivity contribution >= 4 is 22.9 Å². The quantitative estimate of drug-likeness (QED) is 0.522. The summed E-state index contributed by atoms with van der Waals surface area (Å²) in [7, 11) is 0. The molecule has 1 atom stereocenters. The summed E-state index contributed by atoms with van der Waals surface area (Å²) in [6.07, 6.45) is 5.67. The van der Waals surface area contributed by atoms with E-state index in [1.54, 1.807) is 6.20 Å². The number of aryl methyl sites for hydroxylation is 1. The van der Waals surface area contributed by atoms with Crippen LogP contribution in [0.25, 0.3) is 16.3 Å². The lowest BCUT2D eigenvalue weighted by Gasteiger charge is -2.31. The zero-order valence-corrected chi connectivity index (χ0v) is 16.8. The van der Waals surface area contributed by atoms with Crippen LogP contribution < -0.4 is 0 Å². The number of amides is 1. The Balaban J connectivity index is 1.40. The van der Waals surface area contributed by atoms with Crippen molar-refractivity contribution in [3.8, 4) is 10.7 Å². The fraction of sp³-hybridized carbons (Fsp3) is 0.286. The van der Waals surface area contributed by atoms with Crippen molar-refractivity contribution in [2.24, 2.45) is 0 Å². The normalized spacial score (nSPS) is 17.0. The maximum absolute atomic E-state index is 13.3. The first-order valence-corrected chi connectivity index (χ1v) is 10.5. The van der Waals surface area contributed by atoms with Crippen LogP contribution in [0.5, 0.6) is 0 Å². The van der Waals surface area contributed by atoms with Crippen LogP contribution in [-0.2, 0) is 0 Å². The predicted octanol–water partition coefficient (Wildman–Crippen LogP) is 3.58. The summed E-state index contributed by atoms with van der Waals surface area (Å²) in [5.74, 6) is 1.14. The van der Waals surface area contributed by atoms with Gasteiger partial charge in [-0.25, -0.2) is 4.98 Å². The van der Waals surface area contributed by atoms with Crippen LogP contribution in [0.15, 0.2) is 48.8 Å². The van der Waals surface area contributed by atoms with Crippen LogP contribution in [0.4, 0.5) is 0 Å². The van der Waals surface area contributed by atoms with Gasteiger partial charge in [-0.15, -0.1) is 21.5 Å². The first-order chi connectivity index (χ1) is 14.2. The van der Waals surface area contributed by atoms with Gasteiger partial charge in [0, 0.05) is 31.4 Å². The fourth-order valence-electron chi connectivity index (χ4n) is 3.85. The second-order valence-corrected chi connectivity index (χ2v) is 8.22. The molecule has 0 bridgehead atoms. The SMILES string of the molecule is Cc1nc(-c2ccccn2)sc1C(=O)N1CCCC(c2nnc3ccccn23)C1. The van der Waals surface area contributed by atoms with Crippen LogP contribution >= 0.6 is 11.3 Å². The summed E-state index contributed by atoms with van der Waals surface area (Å²) in [6, 6.07) is 11.6. The zero-order chi connectivity index (χ0) is 19.8. The number of fused-ring (bicyclic) bond motifs is 1. The van der Waals surface area contributed by atoms with E-state index in [1.807, 2.05) is 58.8 Å². The molecule has 0 saturated carbocycles. The van der Waals surface area contributed by atoms with Gasteiger partial charge in [0.05, 0.1) is 11.4 Å². The topological polar surface area (TPSA) is 76.3 Å². The number of rotatable bonds is 3. The van der Waals surface area contributed by atoms with Crippen LogP contribution in [0.2, 0.25) is 0 Å². The molecule has 0 aliphatic carbocycles. The first-order valence-electron chi connectivity index (χ1n) is 9.68. The third kappa shape index (κ3) is 3.29. The Labute approximate surface area is 172 Å². The molecule has 0 radical (unpaired) electrons. The summed E-state index contributed by atoms with van der Waals surface area (Å²) >= 11 is 1.42. The molecule has 5 heterocycles. The highest BCUT2D eigenvalue weighted by atomic mass is 32.1. The highest BCUT2D eigenvalue weighted by Gasteiger charge is 2.30. The monoisotopic (exact) mass is 404 g/mol. The van der Waals surface area contributed by atoms with E-state index in [0.29, 0.717) is 11.4 Å². The van der Waals surface area contributed by atoms with Crippen molar-refractivity contribution in [3.05, 3.63) is 65.2 Å². The van der Waals surface area contributed by atoms with Crippen molar-refractivity contribution in [3.63, 3.8) is 0 Å². The number of hydrogen-bond acceptors (Lipinski definition) is 6. The van der Waals surface area contributed by atoms with Gasteiger partial charge in [-0.2, -0.15) is 0 Å². The number of aromatic nitrogens is 5. The Hall–Kier alpha value is -3.13. The average molecular weight is 404 g/mol.